The molecule has 1 fully saturated rings. The van der Waals surface area contributed by atoms with Gasteiger partial charge in [0.25, 0.3) is 5.91 Å². The van der Waals surface area contributed by atoms with Gasteiger partial charge in [-0.1, -0.05) is 18.2 Å². The predicted octanol–water partition coefficient (Wildman–Crippen LogP) is 2.87. The van der Waals surface area contributed by atoms with E-state index in [-0.39, 0.29) is 23.6 Å². The van der Waals surface area contributed by atoms with Crippen molar-refractivity contribution >= 4 is 34.6 Å². The summed E-state index contributed by atoms with van der Waals surface area (Å²) in [5, 5.41) is 4.46. The summed E-state index contributed by atoms with van der Waals surface area (Å²) < 4.78 is 0. The molecule has 0 aliphatic carbocycles. The van der Waals surface area contributed by atoms with E-state index < -0.39 is 6.04 Å². The molecule has 124 valence electrons. The van der Waals surface area contributed by atoms with Gasteiger partial charge >= 0.3 is 0 Å². The van der Waals surface area contributed by atoms with Crippen LogP contribution in [0.5, 0.6) is 0 Å². The lowest BCUT2D eigenvalue weighted by Crippen LogP contribution is -2.41. The Morgan fingerprint density at radius 2 is 1.96 bits per heavy atom. The number of rotatable bonds is 4. The van der Waals surface area contributed by atoms with E-state index in [4.69, 9.17) is 0 Å². The first kappa shape index (κ1) is 16.4. The molecule has 2 heterocycles. The van der Waals surface area contributed by atoms with E-state index in [9.17, 15) is 14.4 Å². The second-order valence-electron chi connectivity index (χ2n) is 5.91. The number of amides is 2. The van der Waals surface area contributed by atoms with Crippen LogP contribution >= 0.6 is 11.3 Å². The van der Waals surface area contributed by atoms with Gasteiger partial charge in [-0.3, -0.25) is 14.4 Å². The molecule has 0 bridgehead atoms. The zero-order chi connectivity index (χ0) is 17.3. The van der Waals surface area contributed by atoms with E-state index in [1.54, 1.807) is 16.3 Å². The number of carbonyl (C=O) groups excluding carboxylic acids is 3. The number of nitrogens with zero attached hydrogens (tertiary/aromatic N) is 1. The average molecular weight is 342 g/mol. The molecule has 0 saturated carbocycles. The van der Waals surface area contributed by atoms with Crippen LogP contribution in [0.3, 0.4) is 0 Å². The maximum atomic E-state index is 12.7. The third-order valence-corrected chi connectivity index (χ3v) is 5.05. The highest BCUT2D eigenvalue weighted by atomic mass is 32.1. The third-order valence-electron chi connectivity index (χ3n) is 4.12. The Labute approximate surface area is 144 Å². The van der Waals surface area contributed by atoms with Crippen molar-refractivity contribution < 1.29 is 14.4 Å². The quantitative estimate of drug-likeness (QED) is 0.869. The Morgan fingerprint density at radius 1 is 1.25 bits per heavy atom. The summed E-state index contributed by atoms with van der Waals surface area (Å²) in [6.45, 7) is 3.43. The van der Waals surface area contributed by atoms with Crippen LogP contribution in [0.4, 0.5) is 5.69 Å². The molecule has 0 unspecified atom stereocenters. The number of benzene rings is 1. The first-order valence-electron chi connectivity index (χ1n) is 7.76. The molecule has 5 nitrogen and oxygen atoms in total. The molecule has 24 heavy (non-hydrogen) atoms. The fraction of sp³-hybridized carbons (Fsp3) is 0.278. The molecule has 6 heteroatoms. The van der Waals surface area contributed by atoms with Crippen LogP contribution in [0.1, 0.15) is 40.3 Å². The topological polar surface area (TPSA) is 66.5 Å². The number of anilines is 1. The van der Waals surface area contributed by atoms with E-state index in [1.807, 2.05) is 37.3 Å². The van der Waals surface area contributed by atoms with Crippen LogP contribution in [-0.2, 0) is 4.79 Å². The predicted molar refractivity (Wildman–Crippen MR) is 93.6 cm³/mol. The molecule has 1 aromatic heterocycles. The van der Waals surface area contributed by atoms with Crippen LogP contribution in [-0.4, -0.2) is 29.7 Å². The van der Waals surface area contributed by atoms with Gasteiger partial charge in [0.15, 0.2) is 5.78 Å². The Morgan fingerprint density at radius 3 is 2.58 bits per heavy atom. The molecule has 3 rings (SSSR count). The summed E-state index contributed by atoms with van der Waals surface area (Å²) in [6, 6.07) is 10.5. The Bertz CT molecular complexity index is 785. The number of carbonyl (C=O) groups is 3. The summed E-state index contributed by atoms with van der Waals surface area (Å²) in [4.78, 5) is 38.5. The highest BCUT2D eigenvalue weighted by Crippen LogP contribution is 2.27. The van der Waals surface area contributed by atoms with E-state index in [0.717, 1.165) is 5.69 Å². The summed E-state index contributed by atoms with van der Waals surface area (Å²) in [7, 11) is 0. The second kappa shape index (κ2) is 6.57. The lowest BCUT2D eigenvalue weighted by atomic mass is 10.2. The van der Waals surface area contributed by atoms with Gasteiger partial charge in [0, 0.05) is 22.7 Å². The van der Waals surface area contributed by atoms with E-state index in [1.165, 1.54) is 18.3 Å². The van der Waals surface area contributed by atoms with Crippen molar-refractivity contribution in [2.75, 3.05) is 4.90 Å². The fourth-order valence-electron chi connectivity index (χ4n) is 2.89. The molecular weight excluding hydrogens is 324 g/mol. The number of hydrogen-bond donors (Lipinski definition) is 1. The van der Waals surface area contributed by atoms with E-state index in [2.05, 4.69) is 5.32 Å². The molecule has 2 atom stereocenters. The number of thiophene rings is 1. The van der Waals surface area contributed by atoms with Crippen molar-refractivity contribution in [2.24, 2.45) is 0 Å². The van der Waals surface area contributed by atoms with Crippen molar-refractivity contribution in [1.82, 2.24) is 5.32 Å². The second-order valence-corrected chi connectivity index (χ2v) is 6.82. The first-order chi connectivity index (χ1) is 11.5. The maximum Gasteiger partial charge on any atom is 0.262 e. The van der Waals surface area contributed by atoms with Gasteiger partial charge in [-0.15, -0.1) is 11.3 Å². The molecule has 0 spiro atoms. The molecule has 0 radical (unpaired) electrons. The number of Topliss-reactive ketones (excluding diaryl/α,β-unsaturated/α-hetero) is 1. The van der Waals surface area contributed by atoms with Crippen LogP contribution in [0.2, 0.25) is 0 Å². The Hall–Kier alpha value is -2.47. The monoisotopic (exact) mass is 342 g/mol. The van der Waals surface area contributed by atoms with Gasteiger partial charge in [-0.2, -0.15) is 0 Å². The highest BCUT2D eigenvalue weighted by molar-refractivity contribution is 7.12. The molecule has 1 aliphatic heterocycles. The Balaban J connectivity index is 1.73. The van der Waals surface area contributed by atoms with Crippen molar-refractivity contribution in [2.45, 2.75) is 32.4 Å². The van der Waals surface area contributed by atoms with Crippen LogP contribution in [0.25, 0.3) is 0 Å². The minimum absolute atomic E-state index is 0.0151. The van der Waals surface area contributed by atoms with Crippen molar-refractivity contribution in [1.29, 1.82) is 0 Å². The number of para-hydroxylation sites is 1. The summed E-state index contributed by atoms with van der Waals surface area (Å²) in [6.07, 6.45) is 0.560. The van der Waals surface area contributed by atoms with E-state index >= 15 is 0 Å². The standard InChI is InChI=1S/C18H18N2O3S/c1-11-8-15(18(23)20(11)14-6-4-3-5-7-14)19-17(22)16-9-13(10-24-16)12(2)21/h3-7,9-11,15H,8H2,1-2H3,(H,19,22)/t11-,15-/m1/s1. The number of ketones is 1. The smallest absolute Gasteiger partial charge is 0.262 e. The van der Waals surface area contributed by atoms with Crippen molar-refractivity contribution in [3.05, 3.63) is 52.2 Å². The zero-order valence-electron chi connectivity index (χ0n) is 13.5. The summed E-state index contributed by atoms with van der Waals surface area (Å²) in [5.74, 6) is -0.496. The zero-order valence-corrected chi connectivity index (χ0v) is 14.3. The van der Waals surface area contributed by atoms with Gasteiger partial charge in [-0.25, -0.2) is 0 Å². The fourth-order valence-corrected chi connectivity index (χ4v) is 3.74. The lowest BCUT2D eigenvalue weighted by molar-refractivity contribution is -0.118. The largest absolute Gasteiger partial charge is 0.339 e. The molecular formula is C18H18N2O3S. The van der Waals surface area contributed by atoms with Gasteiger partial charge in [0.2, 0.25) is 5.91 Å². The minimum Gasteiger partial charge on any atom is -0.339 e. The minimum atomic E-state index is -0.546. The average Bonchev–Trinajstić information content (AvgIpc) is 3.14. The first-order valence-corrected chi connectivity index (χ1v) is 8.64. The van der Waals surface area contributed by atoms with E-state index in [0.29, 0.717) is 16.9 Å². The number of hydrogen-bond acceptors (Lipinski definition) is 4. The van der Waals surface area contributed by atoms with Gasteiger partial charge < -0.3 is 10.2 Å². The Kier molecular flexibility index (Phi) is 4.49. The van der Waals surface area contributed by atoms with Crippen LogP contribution < -0.4 is 10.2 Å². The van der Waals surface area contributed by atoms with Gasteiger partial charge in [0.05, 0.1) is 4.88 Å². The molecule has 1 aromatic carbocycles. The highest BCUT2D eigenvalue weighted by Gasteiger charge is 2.38. The van der Waals surface area contributed by atoms with Gasteiger partial charge in [-0.05, 0) is 38.5 Å². The van der Waals surface area contributed by atoms with Crippen molar-refractivity contribution in [3.8, 4) is 0 Å². The SMILES string of the molecule is CC(=O)c1csc(C(=O)N[C@@H]2C[C@@H](C)N(c3ccccc3)C2=O)c1. The van der Waals surface area contributed by atoms with Crippen molar-refractivity contribution in [3.63, 3.8) is 0 Å². The maximum absolute atomic E-state index is 12.7. The number of nitrogens with one attached hydrogen (secondary N) is 1. The molecule has 1 aliphatic rings. The normalized spacial score (nSPS) is 20.2. The third kappa shape index (κ3) is 3.10. The van der Waals surface area contributed by atoms with Crippen LogP contribution in [0.15, 0.2) is 41.8 Å². The molecule has 2 aromatic rings. The van der Waals surface area contributed by atoms with Crippen LogP contribution in [0, 0.1) is 0 Å². The summed E-state index contributed by atoms with van der Waals surface area (Å²) in [5.41, 5.74) is 1.35. The van der Waals surface area contributed by atoms with Gasteiger partial charge in [0.1, 0.15) is 6.04 Å². The molecule has 1 N–H and O–H groups in total. The molecule has 1 saturated heterocycles. The molecule has 2 amide bonds. The summed E-state index contributed by atoms with van der Waals surface area (Å²) >= 11 is 1.21. The lowest BCUT2D eigenvalue weighted by Gasteiger charge is -2.21.